The van der Waals surface area contributed by atoms with Gasteiger partial charge < -0.3 is 19.7 Å². The van der Waals surface area contributed by atoms with Crippen molar-refractivity contribution in [2.45, 2.75) is 57.8 Å². The molecule has 130 valence electrons. The molecular weight excluding hydrogens is 320 g/mol. The number of esters is 1. The Balaban J connectivity index is 2.29. The van der Waals surface area contributed by atoms with Gasteiger partial charge in [0.1, 0.15) is 11.9 Å². The highest BCUT2D eigenvalue weighted by Gasteiger charge is 2.34. The van der Waals surface area contributed by atoms with Gasteiger partial charge in [0.25, 0.3) is 0 Å². The molecule has 0 fully saturated rings. The monoisotopic (exact) mass is 344 g/mol. The number of halogens is 1. The molecule has 0 spiro atoms. The largest absolute Gasteiger partial charge is 0.494 e. The first-order chi connectivity index (χ1) is 10.8. The molecule has 0 heterocycles. The van der Waals surface area contributed by atoms with E-state index in [0.717, 1.165) is 6.42 Å². The first-order valence-corrected chi connectivity index (χ1v) is 8.23. The highest BCUT2D eigenvalue weighted by atomic mass is 35.5. The molecule has 0 aliphatic carbocycles. The molecule has 0 aromatic heterocycles. The van der Waals surface area contributed by atoms with Crippen LogP contribution in [0.5, 0.6) is 5.75 Å². The van der Waals surface area contributed by atoms with Crippen LogP contribution in [-0.4, -0.2) is 34.7 Å². The maximum absolute atomic E-state index is 11.5. The summed E-state index contributed by atoms with van der Waals surface area (Å²) in [5.74, 6) is -1.71. The third kappa shape index (κ3) is 7.68. The van der Waals surface area contributed by atoms with E-state index >= 15 is 0 Å². The molecule has 2 atom stereocenters. The summed E-state index contributed by atoms with van der Waals surface area (Å²) in [5.41, 5.74) is 0. The molecule has 0 saturated carbocycles. The van der Waals surface area contributed by atoms with Crippen LogP contribution in [-0.2, 0) is 9.53 Å². The van der Waals surface area contributed by atoms with E-state index < -0.39 is 17.9 Å². The van der Waals surface area contributed by atoms with E-state index in [9.17, 15) is 15.0 Å². The van der Waals surface area contributed by atoms with Crippen LogP contribution in [0, 0.1) is 0 Å². The Hall–Kier alpha value is -1.30. The standard InChI is InChI=1S/C17H25ClO5/c1-3-4-7-16(20)23-17(2,21)15(19)6-5-12-22-14-10-8-13(18)9-11-14/h8-11,15,19,21H,3-7,12H2,1-2H3. The third-order valence-electron chi connectivity index (χ3n) is 3.38. The SMILES string of the molecule is CCCCC(=O)OC(C)(O)C(O)CCCOc1ccc(Cl)cc1. The smallest absolute Gasteiger partial charge is 0.308 e. The molecule has 5 nitrogen and oxygen atoms in total. The topological polar surface area (TPSA) is 76.0 Å². The summed E-state index contributed by atoms with van der Waals surface area (Å²) in [5, 5.41) is 20.7. The first-order valence-electron chi connectivity index (χ1n) is 7.85. The van der Waals surface area contributed by atoms with Crippen molar-refractivity contribution in [2.75, 3.05) is 6.61 Å². The molecule has 1 aromatic carbocycles. The summed E-state index contributed by atoms with van der Waals surface area (Å²) in [6.45, 7) is 3.63. The van der Waals surface area contributed by atoms with Crippen LogP contribution < -0.4 is 4.74 Å². The summed E-state index contributed by atoms with van der Waals surface area (Å²) in [6.07, 6.45) is 1.39. The fourth-order valence-corrected chi connectivity index (χ4v) is 2.06. The van der Waals surface area contributed by atoms with Gasteiger partial charge in [-0.2, -0.15) is 0 Å². The Morgan fingerprint density at radius 2 is 1.96 bits per heavy atom. The number of ether oxygens (including phenoxy) is 2. The fraction of sp³-hybridized carbons (Fsp3) is 0.588. The number of carbonyl (C=O) groups is 1. The lowest BCUT2D eigenvalue weighted by Gasteiger charge is -2.28. The van der Waals surface area contributed by atoms with Gasteiger partial charge in [-0.1, -0.05) is 24.9 Å². The fourth-order valence-electron chi connectivity index (χ4n) is 1.94. The lowest BCUT2D eigenvalue weighted by atomic mass is 10.1. The maximum atomic E-state index is 11.5. The number of rotatable bonds is 10. The van der Waals surface area contributed by atoms with Crippen LogP contribution in [0.4, 0.5) is 0 Å². The number of unbranched alkanes of at least 4 members (excludes halogenated alkanes) is 1. The number of benzene rings is 1. The van der Waals surface area contributed by atoms with Crippen molar-refractivity contribution >= 4 is 17.6 Å². The van der Waals surface area contributed by atoms with Crippen molar-refractivity contribution in [3.05, 3.63) is 29.3 Å². The summed E-state index contributed by atoms with van der Waals surface area (Å²) in [7, 11) is 0. The predicted octanol–water partition coefficient (Wildman–Crippen LogP) is 3.30. The van der Waals surface area contributed by atoms with E-state index in [-0.39, 0.29) is 12.8 Å². The third-order valence-corrected chi connectivity index (χ3v) is 3.63. The van der Waals surface area contributed by atoms with Crippen molar-refractivity contribution in [3.8, 4) is 5.75 Å². The van der Waals surface area contributed by atoms with Gasteiger partial charge in [-0.25, -0.2) is 0 Å². The Morgan fingerprint density at radius 1 is 1.30 bits per heavy atom. The molecular formula is C17H25ClO5. The van der Waals surface area contributed by atoms with Crippen LogP contribution >= 0.6 is 11.6 Å². The second-order valence-electron chi connectivity index (χ2n) is 5.59. The van der Waals surface area contributed by atoms with Gasteiger partial charge in [0.05, 0.1) is 6.61 Å². The number of aliphatic hydroxyl groups excluding tert-OH is 1. The zero-order valence-electron chi connectivity index (χ0n) is 13.6. The van der Waals surface area contributed by atoms with E-state index in [1.165, 1.54) is 6.92 Å². The zero-order valence-corrected chi connectivity index (χ0v) is 14.4. The first kappa shape index (κ1) is 19.7. The summed E-state index contributed by atoms with van der Waals surface area (Å²) in [6, 6.07) is 6.97. The minimum Gasteiger partial charge on any atom is -0.494 e. The predicted molar refractivity (Wildman–Crippen MR) is 88.4 cm³/mol. The van der Waals surface area contributed by atoms with Crippen LogP contribution in [0.3, 0.4) is 0 Å². The molecule has 2 unspecified atom stereocenters. The van der Waals surface area contributed by atoms with Gasteiger partial charge in [0.2, 0.25) is 5.79 Å². The van der Waals surface area contributed by atoms with Crippen LogP contribution in [0.25, 0.3) is 0 Å². The quantitative estimate of drug-likeness (QED) is 0.387. The zero-order chi connectivity index (χ0) is 17.3. The Morgan fingerprint density at radius 3 is 2.57 bits per heavy atom. The molecule has 0 aliphatic heterocycles. The number of hydrogen-bond acceptors (Lipinski definition) is 5. The molecule has 0 bridgehead atoms. The summed E-state index contributed by atoms with van der Waals surface area (Å²) >= 11 is 5.78. The van der Waals surface area contributed by atoms with E-state index in [2.05, 4.69) is 0 Å². The molecule has 6 heteroatoms. The number of carbonyl (C=O) groups excluding carboxylic acids is 1. The Bertz CT molecular complexity index is 472. The van der Waals surface area contributed by atoms with Crippen LogP contribution in [0.2, 0.25) is 5.02 Å². The number of hydrogen-bond donors (Lipinski definition) is 2. The number of aliphatic hydroxyl groups is 2. The molecule has 0 amide bonds. The lowest BCUT2D eigenvalue weighted by Crippen LogP contribution is -2.43. The van der Waals surface area contributed by atoms with E-state index in [1.807, 2.05) is 6.92 Å². The summed E-state index contributed by atoms with van der Waals surface area (Å²) in [4.78, 5) is 11.5. The molecule has 1 rings (SSSR count). The summed E-state index contributed by atoms with van der Waals surface area (Å²) < 4.78 is 10.4. The molecule has 1 aromatic rings. The van der Waals surface area contributed by atoms with Crippen molar-refractivity contribution in [1.82, 2.24) is 0 Å². The second kappa shape index (κ2) is 9.75. The molecule has 0 saturated heterocycles. The lowest BCUT2D eigenvalue weighted by molar-refractivity contribution is -0.239. The van der Waals surface area contributed by atoms with Crippen molar-refractivity contribution < 1.29 is 24.5 Å². The highest BCUT2D eigenvalue weighted by Crippen LogP contribution is 2.19. The van der Waals surface area contributed by atoms with E-state index in [4.69, 9.17) is 21.1 Å². The van der Waals surface area contributed by atoms with Gasteiger partial charge >= 0.3 is 5.97 Å². The van der Waals surface area contributed by atoms with Gasteiger partial charge in [0.15, 0.2) is 0 Å². The Labute approximate surface area is 142 Å². The van der Waals surface area contributed by atoms with Gasteiger partial charge in [-0.3, -0.25) is 4.79 Å². The van der Waals surface area contributed by atoms with Gasteiger partial charge in [-0.05, 0) is 43.5 Å². The van der Waals surface area contributed by atoms with Crippen molar-refractivity contribution in [3.63, 3.8) is 0 Å². The van der Waals surface area contributed by atoms with Gasteiger partial charge in [-0.15, -0.1) is 0 Å². The maximum Gasteiger partial charge on any atom is 0.308 e. The Kier molecular flexibility index (Phi) is 8.37. The van der Waals surface area contributed by atoms with Crippen molar-refractivity contribution in [1.29, 1.82) is 0 Å². The average Bonchev–Trinajstić information content (AvgIpc) is 2.50. The molecule has 0 aliphatic rings. The van der Waals surface area contributed by atoms with E-state index in [1.54, 1.807) is 24.3 Å². The van der Waals surface area contributed by atoms with Gasteiger partial charge in [0, 0.05) is 18.4 Å². The van der Waals surface area contributed by atoms with Crippen LogP contribution in [0.15, 0.2) is 24.3 Å². The van der Waals surface area contributed by atoms with E-state index in [0.29, 0.717) is 30.2 Å². The minimum absolute atomic E-state index is 0.235. The van der Waals surface area contributed by atoms with Crippen LogP contribution in [0.1, 0.15) is 46.0 Å². The molecule has 2 N–H and O–H groups in total. The molecule has 23 heavy (non-hydrogen) atoms. The van der Waals surface area contributed by atoms with Crippen molar-refractivity contribution in [2.24, 2.45) is 0 Å². The normalized spacial score (nSPS) is 14.8. The average molecular weight is 345 g/mol. The minimum atomic E-state index is -1.88. The molecule has 0 radical (unpaired) electrons. The second-order valence-corrected chi connectivity index (χ2v) is 6.03. The highest BCUT2D eigenvalue weighted by molar-refractivity contribution is 6.30.